The molecule has 0 bridgehead atoms. The zero-order chi connectivity index (χ0) is 20.3. The van der Waals surface area contributed by atoms with Crippen molar-refractivity contribution < 1.29 is 9.59 Å². The van der Waals surface area contributed by atoms with E-state index >= 15 is 0 Å². The first kappa shape index (κ1) is 26.3. The van der Waals surface area contributed by atoms with Gasteiger partial charge in [0.2, 0.25) is 11.8 Å². The molecule has 0 heterocycles. The zero-order valence-corrected chi connectivity index (χ0v) is 18.9. The number of likely N-dealkylation sites (N-methyl/N-ethyl adjacent to an activating group) is 1. The molecule has 1 unspecified atom stereocenters. The molecule has 5 heteroatoms. The molecule has 27 heavy (non-hydrogen) atoms. The van der Waals surface area contributed by atoms with Gasteiger partial charge < -0.3 is 10.6 Å². The van der Waals surface area contributed by atoms with Crippen LogP contribution in [0, 0.1) is 5.92 Å². The van der Waals surface area contributed by atoms with E-state index in [1.165, 1.54) is 51.4 Å². The second-order valence-corrected chi connectivity index (χ2v) is 8.03. The SMILES string of the molecule is CCCCCCCCCCCC(CCCCC)C(=O)N[C@@H](CS)C(=O)NC. The highest BCUT2D eigenvalue weighted by molar-refractivity contribution is 7.80. The largest absolute Gasteiger partial charge is 0.357 e. The maximum absolute atomic E-state index is 12.7. The summed E-state index contributed by atoms with van der Waals surface area (Å²) in [6.45, 7) is 4.43. The van der Waals surface area contributed by atoms with Crippen LogP contribution >= 0.6 is 12.6 Å². The third-order valence-electron chi connectivity index (χ3n) is 5.25. The molecule has 0 aliphatic carbocycles. The standard InChI is InChI=1S/C22H44N2O2S/c1-4-6-8-9-10-11-12-13-15-17-19(16-14-7-5-2)21(25)24-20(18-27)22(26)23-3/h19-20,27H,4-18H2,1-3H3,(H,23,26)(H,24,25)/t19?,20-/m0/s1. The van der Waals surface area contributed by atoms with Crippen LogP contribution in [0.2, 0.25) is 0 Å². The number of carbonyl (C=O) groups is 2. The van der Waals surface area contributed by atoms with E-state index in [0.29, 0.717) is 5.75 Å². The number of unbranched alkanes of at least 4 members (excludes halogenated alkanes) is 10. The van der Waals surface area contributed by atoms with Crippen LogP contribution in [-0.2, 0) is 9.59 Å². The van der Waals surface area contributed by atoms with E-state index in [-0.39, 0.29) is 17.7 Å². The summed E-state index contributed by atoms with van der Waals surface area (Å²) in [6, 6.07) is -0.539. The summed E-state index contributed by atoms with van der Waals surface area (Å²) in [5.74, 6) is 0.195. The number of hydrogen-bond acceptors (Lipinski definition) is 3. The molecule has 0 saturated carbocycles. The Hall–Kier alpha value is -0.710. The molecule has 2 atom stereocenters. The van der Waals surface area contributed by atoms with Crippen molar-refractivity contribution in [3.8, 4) is 0 Å². The highest BCUT2D eigenvalue weighted by atomic mass is 32.1. The minimum absolute atomic E-state index is 0.0214. The van der Waals surface area contributed by atoms with E-state index in [1.807, 2.05) is 0 Å². The minimum atomic E-state index is -0.539. The molecule has 0 aliphatic rings. The molecular formula is C22H44N2O2S. The van der Waals surface area contributed by atoms with E-state index in [0.717, 1.165) is 38.5 Å². The molecule has 0 rings (SSSR count). The fourth-order valence-corrected chi connectivity index (χ4v) is 3.66. The van der Waals surface area contributed by atoms with Crippen LogP contribution in [0.15, 0.2) is 0 Å². The van der Waals surface area contributed by atoms with Gasteiger partial charge in [-0.05, 0) is 12.8 Å². The second-order valence-electron chi connectivity index (χ2n) is 7.67. The average molecular weight is 401 g/mol. The monoisotopic (exact) mass is 400 g/mol. The number of nitrogens with one attached hydrogen (secondary N) is 2. The van der Waals surface area contributed by atoms with Crippen molar-refractivity contribution in [3.05, 3.63) is 0 Å². The highest BCUT2D eigenvalue weighted by Gasteiger charge is 2.23. The van der Waals surface area contributed by atoms with Gasteiger partial charge in [-0.2, -0.15) is 12.6 Å². The van der Waals surface area contributed by atoms with Gasteiger partial charge in [0.25, 0.3) is 0 Å². The van der Waals surface area contributed by atoms with Crippen LogP contribution in [0.4, 0.5) is 0 Å². The number of hydrogen-bond donors (Lipinski definition) is 3. The van der Waals surface area contributed by atoms with Gasteiger partial charge in [-0.3, -0.25) is 9.59 Å². The van der Waals surface area contributed by atoms with Crippen LogP contribution in [0.1, 0.15) is 104 Å². The van der Waals surface area contributed by atoms with Gasteiger partial charge in [-0.1, -0.05) is 90.9 Å². The van der Waals surface area contributed by atoms with E-state index in [2.05, 4.69) is 37.1 Å². The quantitative estimate of drug-likeness (QED) is 0.217. The predicted octanol–water partition coefficient (Wildman–Crippen LogP) is 5.26. The average Bonchev–Trinajstić information content (AvgIpc) is 2.68. The third kappa shape index (κ3) is 14.0. The lowest BCUT2D eigenvalue weighted by atomic mass is 9.93. The lowest BCUT2D eigenvalue weighted by Crippen LogP contribution is -2.48. The Labute approximate surface area is 173 Å². The summed E-state index contributed by atoms with van der Waals surface area (Å²) in [5, 5.41) is 5.49. The van der Waals surface area contributed by atoms with Crippen molar-refractivity contribution in [2.75, 3.05) is 12.8 Å². The van der Waals surface area contributed by atoms with Crippen molar-refractivity contribution in [2.45, 2.75) is 110 Å². The molecule has 0 aromatic carbocycles. The number of carbonyl (C=O) groups excluding carboxylic acids is 2. The first-order chi connectivity index (χ1) is 13.1. The maximum atomic E-state index is 12.7. The Balaban J connectivity index is 4.22. The molecule has 2 amide bonds. The minimum Gasteiger partial charge on any atom is -0.357 e. The summed E-state index contributed by atoms with van der Waals surface area (Å²) in [5.41, 5.74) is 0. The summed E-state index contributed by atoms with van der Waals surface area (Å²) in [7, 11) is 1.59. The molecule has 0 saturated heterocycles. The summed E-state index contributed by atoms with van der Waals surface area (Å²) in [4.78, 5) is 24.5. The van der Waals surface area contributed by atoms with Crippen LogP contribution < -0.4 is 10.6 Å². The van der Waals surface area contributed by atoms with E-state index in [1.54, 1.807) is 7.05 Å². The van der Waals surface area contributed by atoms with Crippen LogP contribution in [0.25, 0.3) is 0 Å². The number of thiol groups is 1. The fourth-order valence-electron chi connectivity index (χ4n) is 3.41. The first-order valence-corrected chi connectivity index (χ1v) is 11.9. The highest BCUT2D eigenvalue weighted by Crippen LogP contribution is 2.19. The zero-order valence-electron chi connectivity index (χ0n) is 18.0. The van der Waals surface area contributed by atoms with Crippen molar-refractivity contribution in [1.82, 2.24) is 10.6 Å². The predicted molar refractivity (Wildman–Crippen MR) is 119 cm³/mol. The maximum Gasteiger partial charge on any atom is 0.243 e. The molecule has 0 radical (unpaired) electrons. The molecular weight excluding hydrogens is 356 g/mol. The van der Waals surface area contributed by atoms with E-state index < -0.39 is 6.04 Å². The summed E-state index contributed by atoms with van der Waals surface area (Å²) in [6.07, 6.45) is 16.9. The fraction of sp³-hybridized carbons (Fsp3) is 0.909. The van der Waals surface area contributed by atoms with Gasteiger partial charge in [0, 0.05) is 18.7 Å². The van der Waals surface area contributed by atoms with Gasteiger partial charge in [0.1, 0.15) is 6.04 Å². The lowest BCUT2D eigenvalue weighted by Gasteiger charge is -2.21. The Bertz CT molecular complexity index is 377. The van der Waals surface area contributed by atoms with Crippen molar-refractivity contribution >= 4 is 24.4 Å². The van der Waals surface area contributed by atoms with Gasteiger partial charge in [0.15, 0.2) is 0 Å². The summed E-state index contributed by atoms with van der Waals surface area (Å²) >= 11 is 4.20. The molecule has 4 nitrogen and oxygen atoms in total. The Morgan fingerprint density at radius 3 is 1.67 bits per heavy atom. The first-order valence-electron chi connectivity index (χ1n) is 11.2. The summed E-state index contributed by atoms with van der Waals surface area (Å²) < 4.78 is 0. The van der Waals surface area contributed by atoms with Crippen molar-refractivity contribution in [2.24, 2.45) is 5.92 Å². The third-order valence-corrected chi connectivity index (χ3v) is 5.61. The smallest absolute Gasteiger partial charge is 0.243 e. The molecule has 0 aliphatic heterocycles. The topological polar surface area (TPSA) is 58.2 Å². The van der Waals surface area contributed by atoms with Crippen LogP contribution in [0.5, 0.6) is 0 Å². The van der Waals surface area contributed by atoms with Crippen LogP contribution in [-0.4, -0.2) is 30.7 Å². The number of amides is 2. The molecule has 0 aromatic rings. The van der Waals surface area contributed by atoms with Gasteiger partial charge in [0.05, 0.1) is 0 Å². The second kappa shape index (κ2) is 18.6. The van der Waals surface area contributed by atoms with Crippen LogP contribution in [0.3, 0.4) is 0 Å². The Kier molecular flexibility index (Phi) is 18.2. The molecule has 0 spiro atoms. The van der Waals surface area contributed by atoms with Gasteiger partial charge in [-0.15, -0.1) is 0 Å². The Morgan fingerprint density at radius 1 is 0.741 bits per heavy atom. The number of rotatable bonds is 18. The van der Waals surface area contributed by atoms with E-state index in [9.17, 15) is 9.59 Å². The molecule has 2 N–H and O–H groups in total. The molecule has 0 aromatic heterocycles. The Morgan fingerprint density at radius 2 is 1.19 bits per heavy atom. The normalized spacial score (nSPS) is 13.2. The lowest BCUT2D eigenvalue weighted by molar-refractivity contribution is -0.130. The van der Waals surface area contributed by atoms with Gasteiger partial charge >= 0.3 is 0 Å². The van der Waals surface area contributed by atoms with Crippen molar-refractivity contribution in [3.63, 3.8) is 0 Å². The van der Waals surface area contributed by atoms with Crippen molar-refractivity contribution in [1.29, 1.82) is 0 Å². The van der Waals surface area contributed by atoms with Gasteiger partial charge in [-0.25, -0.2) is 0 Å². The molecule has 160 valence electrons. The molecule has 0 fully saturated rings. The van der Waals surface area contributed by atoms with E-state index in [4.69, 9.17) is 0 Å².